The number of carbonyl (C=O) groups excluding carboxylic acids is 2. The van der Waals surface area contributed by atoms with E-state index in [1.54, 1.807) is 4.68 Å². The third kappa shape index (κ3) is 6.36. The minimum absolute atomic E-state index is 0.0741. The van der Waals surface area contributed by atoms with Gasteiger partial charge in [0.1, 0.15) is 11.6 Å². The molecule has 2 N–H and O–H groups in total. The number of likely N-dealkylation sites (tertiary alicyclic amines) is 1. The van der Waals surface area contributed by atoms with Crippen LogP contribution in [0.2, 0.25) is 0 Å². The summed E-state index contributed by atoms with van der Waals surface area (Å²) in [6, 6.07) is 16.4. The van der Waals surface area contributed by atoms with Crippen LogP contribution in [0.4, 0.5) is 0 Å². The number of nitrogens with zero attached hydrogens (tertiary/aromatic N) is 4. The van der Waals surface area contributed by atoms with E-state index in [2.05, 4.69) is 33.1 Å². The van der Waals surface area contributed by atoms with Crippen molar-refractivity contribution in [3.63, 3.8) is 0 Å². The quantitative estimate of drug-likeness (QED) is 0.467. The van der Waals surface area contributed by atoms with Gasteiger partial charge in [0.05, 0.1) is 5.52 Å². The lowest BCUT2D eigenvalue weighted by atomic mass is 9.94. The molecule has 0 bridgehead atoms. The van der Waals surface area contributed by atoms with E-state index in [-0.39, 0.29) is 17.9 Å². The van der Waals surface area contributed by atoms with Crippen molar-refractivity contribution in [1.29, 1.82) is 0 Å². The molecular weight excluding hydrogens is 464 g/mol. The molecule has 0 radical (unpaired) electrons. The predicted molar refractivity (Wildman–Crippen MR) is 144 cm³/mol. The van der Waals surface area contributed by atoms with Crippen molar-refractivity contribution in [3.8, 4) is 0 Å². The molecule has 2 aromatic carbocycles. The molecule has 1 aliphatic heterocycles. The van der Waals surface area contributed by atoms with Gasteiger partial charge in [-0.1, -0.05) is 60.9 Å². The second-order valence-electron chi connectivity index (χ2n) is 10.6. The van der Waals surface area contributed by atoms with Gasteiger partial charge in [-0.3, -0.25) is 9.59 Å². The molecule has 1 aromatic heterocycles. The molecule has 2 amide bonds. The highest BCUT2D eigenvalue weighted by Gasteiger charge is 2.39. The molecule has 2 aliphatic rings. The van der Waals surface area contributed by atoms with Crippen molar-refractivity contribution in [2.45, 2.75) is 82.5 Å². The number of hydrogen-bond donors (Lipinski definition) is 2. The lowest BCUT2D eigenvalue weighted by Crippen LogP contribution is -2.46. The van der Waals surface area contributed by atoms with Crippen LogP contribution in [-0.2, 0) is 29.6 Å². The van der Waals surface area contributed by atoms with Gasteiger partial charge in [0.2, 0.25) is 11.8 Å². The third-order valence-corrected chi connectivity index (χ3v) is 7.84. The van der Waals surface area contributed by atoms with Crippen LogP contribution in [0.5, 0.6) is 0 Å². The molecule has 2 fully saturated rings. The third-order valence-electron chi connectivity index (χ3n) is 7.84. The van der Waals surface area contributed by atoms with Crippen LogP contribution in [-0.4, -0.2) is 56.4 Å². The van der Waals surface area contributed by atoms with E-state index in [9.17, 15) is 9.59 Å². The molecule has 2 atom stereocenters. The SMILES string of the molecule is Cn1nnc2cc(CNC(=O)[C@@H]3C[C@H](NC4CCCCC4)CN3C(=O)CCCc3ccccc3)ccc21. The van der Waals surface area contributed by atoms with Crippen LogP contribution in [0.3, 0.4) is 0 Å². The highest BCUT2D eigenvalue weighted by Crippen LogP contribution is 2.24. The predicted octanol–water partition coefficient (Wildman–Crippen LogP) is 3.50. The Kier molecular flexibility index (Phi) is 8.14. The van der Waals surface area contributed by atoms with Crippen LogP contribution >= 0.6 is 0 Å². The van der Waals surface area contributed by atoms with E-state index in [1.165, 1.54) is 37.7 Å². The molecule has 1 saturated carbocycles. The summed E-state index contributed by atoms with van der Waals surface area (Å²) >= 11 is 0. The smallest absolute Gasteiger partial charge is 0.243 e. The molecule has 1 saturated heterocycles. The number of hydrogen-bond acceptors (Lipinski definition) is 5. The monoisotopic (exact) mass is 502 g/mol. The normalized spacial score (nSPS) is 20.4. The average Bonchev–Trinajstić information content (AvgIpc) is 3.52. The van der Waals surface area contributed by atoms with E-state index in [4.69, 9.17) is 0 Å². The topological polar surface area (TPSA) is 92.2 Å². The summed E-state index contributed by atoms with van der Waals surface area (Å²) in [5.74, 6) is -0.00592. The molecule has 0 spiro atoms. The number of aromatic nitrogens is 3. The number of carbonyl (C=O) groups is 2. The fourth-order valence-corrected chi connectivity index (χ4v) is 5.82. The standard InChI is InChI=1S/C29H38N6O2/c1-34-26-16-15-22(17-25(26)32-33-34)19-30-29(37)27-18-24(31-23-12-6-3-7-13-23)20-35(27)28(36)14-8-11-21-9-4-2-5-10-21/h2,4-5,9-10,15-17,23-24,27,31H,3,6-8,11-14,18-20H2,1H3,(H,30,37)/t24-,27-/m0/s1. The zero-order valence-electron chi connectivity index (χ0n) is 21.7. The largest absolute Gasteiger partial charge is 0.350 e. The van der Waals surface area contributed by atoms with Crippen LogP contribution in [0.25, 0.3) is 11.0 Å². The molecule has 37 heavy (non-hydrogen) atoms. The van der Waals surface area contributed by atoms with Crippen molar-refractivity contribution in [2.24, 2.45) is 7.05 Å². The van der Waals surface area contributed by atoms with Gasteiger partial charge in [0.25, 0.3) is 0 Å². The minimum atomic E-state index is -0.439. The van der Waals surface area contributed by atoms with Crippen LogP contribution in [0, 0.1) is 0 Å². The van der Waals surface area contributed by atoms with Crippen LogP contribution in [0.1, 0.15) is 62.5 Å². The highest BCUT2D eigenvalue weighted by molar-refractivity contribution is 5.88. The van der Waals surface area contributed by atoms with E-state index >= 15 is 0 Å². The summed E-state index contributed by atoms with van der Waals surface area (Å²) in [5, 5.41) is 15.1. The summed E-state index contributed by atoms with van der Waals surface area (Å²) < 4.78 is 1.73. The van der Waals surface area contributed by atoms with Gasteiger partial charge in [-0.2, -0.15) is 0 Å². The van der Waals surface area contributed by atoms with E-state index < -0.39 is 6.04 Å². The first kappa shape index (κ1) is 25.4. The maximum absolute atomic E-state index is 13.4. The van der Waals surface area contributed by atoms with Crippen molar-refractivity contribution < 1.29 is 9.59 Å². The van der Waals surface area contributed by atoms with Crippen molar-refractivity contribution in [2.75, 3.05) is 6.54 Å². The van der Waals surface area contributed by atoms with E-state index in [0.29, 0.717) is 32.0 Å². The van der Waals surface area contributed by atoms with Crippen molar-refractivity contribution in [3.05, 3.63) is 59.7 Å². The van der Waals surface area contributed by atoms with E-state index in [1.807, 2.05) is 48.3 Å². The molecule has 3 aromatic rings. The molecule has 8 nitrogen and oxygen atoms in total. The Hall–Kier alpha value is -3.26. The summed E-state index contributed by atoms with van der Waals surface area (Å²) in [5.41, 5.74) is 3.97. The minimum Gasteiger partial charge on any atom is -0.350 e. The summed E-state index contributed by atoms with van der Waals surface area (Å²) in [6.07, 6.45) is 8.96. The maximum Gasteiger partial charge on any atom is 0.243 e. The number of fused-ring (bicyclic) bond motifs is 1. The Bertz CT molecular complexity index is 1200. The Balaban J connectivity index is 1.21. The highest BCUT2D eigenvalue weighted by atomic mass is 16.2. The second-order valence-corrected chi connectivity index (χ2v) is 10.6. The van der Waals surface area contributed by atoms with Gasteiger partial charge in [-0.15, -0.1) is 5.10 Å². The second kappa shape index (κ2) is 11.9. The molecule has 2 heterocycles. The van der Waals surface area contributed by atoms with Gasteiger partial charge >= 0.3 is 0 Å². The Morgan fingerprint density at radius 1 is 1.00 bits per heavy atom. The van der Waals surface area contributed by atoms with Gasteiger partial charge in [0, 0.05) is 38.6 Å². The maximum atomic E-state index is 13.4. The Morgan fingerprint density at radius 2 is 1.81 bits per heavy atom. The number of aryl methyl sites for hydroxylation is 2. The fraction of sp³-hybridized carbons (Fsp3) is 0.517. The molecule has 1 aliphatic carbocycles. The number of nitrogens with one attached hydrogen (secondary N) is 2. The van der Waals surface area contributed by atoms with Crippen LogP contribution < -0.4 is 10.6 Å². The van der Waals surface area contributed by atoms with Crippen molar-refractivity contribution >= 4 is 22.8 Å². The molecule has 0 unspecified atom stereocenters. The Labute approximate surface area is 218 Å². The summed E-state index contributed by atoms with van der Waals surface area (Å²) in [4.78, 5) is 28.5. The van der Waals surface area contributed by atoms with Gasteiger partial charge < -0.3 is 15.5 Å². The van der Waals surface area contributed by atoms with Gasteiger partial charge in [-0.05, 0) is 55.4 Å². The van der Waals surface area contributed by atoms with E-state index in [0.717, 1.165) is 29.4 Å². The first-order chi connectivity index (χ1) is 18.1. The fourth-order valence-electron chi connectivity index (χ4n) is 5.82. The first-order valence-corrected chi connectivity index (χ1v) is 13.7. The lowest BCUT2D eigenvalue weighted by Gasteiger charge is -2.26. The molecule has 196 valence electrons. The van der Waals surface area contributed by atoms with Crippen LogP contribution in [0.15, 0.2) is 48.5 Å². The average molecular weight is 503 g/mol. The summed E-state index contributed by atoms with van der Waals surface area (Å²) in [6.45, 7) is 1.00. The number of amides is 2. The first-order valence-electron chi connectivity index (χ1n) is 13.7. The molecule has 5 rings (SSSR count). The lowest BCUT2D eigenvalue weighted by molar-refractivity contribution is -0.138. The number of benzene rings is 2. The zero-order valence-corrected chi connectivity index (χ0v) is 21.7. The van der Waals surface area contributed by atoms with Gasteiger partial charge in [-0.25, -0.2) is 4.68 Å². The zero-order chi connectivity index (χ0) is 25.6. The molecule has 8 heteroatoms. The molecular formula is C29H38N6O2. The van der Waals surface area contributed by atoms with Crippen molar-refractivity contribution in [1.82, 2.24) is 30.5 Å². The number of rotatable bonds is 9. The summed E-state index contributed by atoms with van der Waals surface area (Å²) in [7, 11) is 1.86. The van der Waals surface area contributed by atoms with Gasteiger partial charge in [0.15, 0.2) is 0 Å². The Morgan fingerprint density at radius 3 is 2.62 bits per heavy atom.